The summed E-state index contributed by atoms with van der Waals surface area (Å²) in [5.41, 5.74) is -0.693. The lowest BCUT2D eigenvalue weighted by molar-refractivity contribution is -0.138. The van der Waals surface area contributed by atoms with Gasteiger partial charge >= 0.3 is 12.2 Å². The fourth-order valence-corrected chi connectivity index (χ4v) is 2.20. The highest BCUT2D eigenvalue weighted by Gasteiger charge is 2.33. The molecule has 0 saturated heterocycles. The topological polar surface area (TPSA) is 41.1 Å². The number of amides is 2. The molecule has 2 N–H and O–H groups in total. The van der Waals surface area contributed by atoms with Gasteiger partial charge in [0.25, 0.3) is 0 Å². The van der Waals surface area contributed by atoms with Gasteiger partial charge in [0.15, 0.2) is 0 Å². The Morgan fingerprint density at radius 3 is 2.53 bits per heavy atom. The van der Waals surface area contributed by atoms with Crippen LogP contribution in [0.25, 0.3) is 0 Å². The molecule has 0 unspecified atom stereocenters. The SMILES string of the molecule is O=C(Nc1ccc(Br)c(C(F)(F)F)c1)NC1CCC1. The smallest absolute Gasteiger partial charge is 0.335 e. The Morgan fingerprint density at radius 1 is 1.32 bits per heavy atom. The summed E-state index contributed by atoms with van der Waals surface area (Å²) in [5.74, 6) is 0. The highest BCUT2D eigenvalue weighted by molar-refractivity contribution is 9.10. The van der Waals surface area contributed by atoms with E-state index < -0.39 is 17.8 Å². The fourth-order valence-electron chi connectivity index (χ4n) is 1.73. The van der Waals surface area contributed by atoms with E-state index in [4.69, 9.17) is 0 Å². The number of anilines is 1. The minimum absolute atomic E-state index is 0.0510. The van der Waals surface area contributed by atoms with Crippen molar-refractivity contribution in [2.45, 2.75) is 31.5 Å². The predicted molar refractivity (Wildman–Crippen MR) is 68.9 cm³/mol. The van der Waals surface area contributed by atoms with Crippen LogP contribution in [0, 0.1) is 0 Å². The molecule has 1 aliphatic carbocycles. The first kappa shape index (κ1) is 14.2. The van der Waals surface area contributed by atoms with Crippen LogP contribution in [0.4, 0.5) is 23.7 Å². The maximum atomic E-state index is 12.7. The Labute approximate surface area is 116 Å². The lowest BCUT2D eigenvalue weighted by Gasteiger charge is -2.26. The summed E-state index contributed by atoms with van der Waals surface area (Å²) in [6.45, 7) is 0. The van der Waals surface area contributed by atoms with E-state index in [9.17, 15) is 18.0 Å². The van der Waals surface area contributed by atoms with Gasteiger partial charge in [-0.15, -0.1) is 0 Å². The van der Waals surface area contributed by atoms with Crippen LogP contribution in [0.15, 0.2) is 22.7 Å². The molecule has 0 heterocycles. The van der Waals surface area contributed by atoms with Crippen LogP contribution in [-0.4, -0.2) is 12.1 Å². The van der Waals surface area contributed by atoms with E-state index >= 15 is 0 Å². The molecule has 104 valence electrons. The number of hydrogen-bond donors (Lipinski definition) is 2. The average Bonchev–Trinajstić information content (AvgIpc) is 2.25. The number of urea groups is 1. The van der Waals surface area contributed by atoms with Crippen molar-refractivity contribution in [2.75, 3.05) is 5.32 Å². The molecule has 1 fully saturated rings. The van der Waals surface area contributed by atoms with Crippen molar-refractivity contribution in [1.29, 1.82) is 0 Å². The molecule has 19 heavy (non-hydrogen) atoms. The average molecular weight is 337 g/mol. The van der Waals surface area contributed by atoms with Gasteiger partial charge in [-0.1, -0.05) is 15.9 Å². The number of hydrogen-bond acceptors (Lipinski definition) is 1. The quantitative estimate of drug-likeness (QED) is 0.837. The van der Waals surface area contributed by atoms with Gasteiger partial charge in [-0.25, -0.2) is 4.79 Å². The van der Waals surface area contributed by atoms with Crippen LogP contribution in [0.1, 0.15) is 24.8 Å². The Balaban J connectivity index is 2.06. The molecule has 0 aromatic heterocycles. The third kappa shape index (κ3) is 3.62. The monoisotopic (exact) mass is 336 g/mol. The van der Waals surface area contributed by atoms with E-state index in [2.05, 4.69) is 26.6 Å². The van der Waals surface area contributed by atoms with Crippen LogP contribution in [0.5, 0.6) is 0 Å². The van der Waals surface area contributed by atoms with Gasteiger partial charge in [-0.05, 0) is 37.5 Å². The van der Waals surface area contributed by atoms with Crippen LogP contribution in [0.3, 0.4) is 0 Å². The van der Waals surface area contributed by atoms with Gasteiger partial charge in [0.2, 0.25) is 0 Å². The lowest BCUT2D eigenvalue weighted by atomic mass is 9.93. The minimum Gasteiger partial charge on any atom is -0.335 e. The summed E-state index contributed by atoms with van der Waals surface area (Å²) in [6, 6.07) is 3.25. The molecule has 1 aromatic rings. The molecule has 2 rings (SSSR count). The van der Waals surface area contributed by atoms with Crippen molar-refractivity contribution < 1.29 is 18.0 Å². The minimum atomic E-state index is -4.46. The summed E-state index contributed by atoms with van der Waals surface area (Å²) in [4.78, 5) is 11.5. The van der Waals surface area contributed by atoms with Crippen molar-refractivity contribution >= 4 is 27.6 Å². The second-order valence-electron chi connectivity index (χ2n) is 4.42. The number of benzene rings is 1. The molecule has 0 bridgehead atoms. The number of rotatable bonds is 2. The van der Waals surface area contributed by atoms with Crippen LogP contribution in [0.2, 0.25) is 0 Å². The summed E-state index contributed by atoms with van der Waals surface area (Å²) < 4.78 is 38.0. The van der Waals surface area contributed by atoms with E-state index in [1.807, 2.05) is 0 Å². The maximum Gasteiger partial charge on any atom is 0.417 e. The summed E-state index contributed by atoms with van der Waals surface area (Å²) in [6.07, 6.45) is -1.55. The Bertz CT molecular complexity index is 486. The molecule has 2 amide bonds. The Hall–Kier alpha value is -1.24. The van der Waals surface area contributed by atoms with E-state index in [0.717, 1.165) is 25.3 Å². The molecule has 0 atom stereocenters. The van der Waals surface area contributed by atoms with Crippen molar-refractivity contribution in [3.05, 3.63) is 28.2 Å². The number of nitrogens with one attached hydrogen (secondary N) is 2. The van der Waals surface area contributed by atoms with Gasteiger partial charge in [0.1, 0.15) is 0 Å². The normalized spacial score (nSPS) is 15.8. The molecule has 1 aliphatic rings. The zero-order chi connectivity index (χ0) is 14.0. The zero-order valence-electron chi connectivity index (χ0n) is 9.85. The first-order valence-electron chi connectivity index (χ1n) is 5.80. The van der Waals surface area contributed by atoms with Gasteiger partial charge in [0.05, 0.1) is 5.56 Å². The van der Waals surface area contributed by atoms with Crippen molar-refractivity contribution in [2.24, 2.45) is 0 Å². The van der Waals surface area contributed by atoms with Crippen LogP contribution in [-0.2, 0) is 6.18 Å². The predicted octanol–water partition coefficient (Wildman–Crippen LogP) is 4.14. The molecule has 0 aliphatic heterocycles. The standard InChI is InChI=1S/C12H12BrF3N2O/c13-10-5-4-8(6-9(10)12(14,15)16)18-11(19)17-7-2-1-3-7/h4-7H,1-3H2,(H2,17,18,19). The van der Waals surface area contributed by atoms with Crippen molar-refractivity contribution in [3.63, 3.8) is 0 Å². The highest BCUT2D eigenvalue weighted by atomic mass is 79.9. The number of halogens is 4. The van der Waals surface area contributed by atoms with Gasteiger partial charge < -0.3 is 10.6 Å². The first-order valence-corrected chi connectivity index (χ1v) is 6.60. The van der Waals surface area contributed by atoms with Gasteiger partial charge in [-0.3, -0.25) is 0 Å². The van der Waals surface area contributed by atoms with E-state index in [-0.39, 0.29) is 16.2 Å². The molecule has 3 nitrogen and oxygen atoms in total. The zero-order valence-corrected chi connectivity index (χ0v) is 11.4. The summed E-state index contributed by atoms with van der Waals surface area (Å²) in [5, 5.41) is 5.10. The van der Waals surface area contributed by atoms with Crippen molar-refractivity contribution in [3.8, 4) is 0 Å². The first-order chi connectivity index (χ1) is 8.86. The fraction of sp³-hybridized carbons (Fsp3) is 0.417. The molecule has 1 saturated carbocycles. The molecule has 1 aromatic carbocycles. The lowest BCUT2D eigenvalue weighted by Crippen LogP contribution is -2.41. The molecular weight excluding hydrogens is 325 g/mol. The molecular formula is C12H12BrF3N2O. The molecule has 0 spiro atoms. The van der Waals surface area contributed by atoms with Gasteiger partial charge in [-0.2, -0.15) is 13.2 Å². The summed E-state index contributed by atoms with van der Waals surface area (Å²) in [7, 11) is 0. The highest BCUT2D eigenvalue weighted by Crippen LogP contribution is 2.36. The third-order valence-corrected chi connectivity index (χ3v) is 3.66. The number of alkyl halides is 3. The van der Waals surface area contributed by atoms with Crippen LogP contribution < -0.4 is 10.6 Å². The Morgan fingerprint density at radius 2 is 2.00 bits per heavy atom. The number of carbonyl (C=O) groups is 1. The second kappa shape index (κ2) is 5.40. The molecule has 0 radical (unpaired) electrons. The largest absolute Gasteiger partial charge is 0.417 e. The van der Waals surface area contributed by atoms with Crippen molar-refractivity contribution in [1.82, 2.24) is 5.32 Å². The van der Waals surface area contributed by atoms with E-state index in [0.29, 0.717) is 0 Å². The maximum absolute atomic E-state index is 12.7. The molecule has 7 heteroatoms. The van der Waals surface area contributed by atoms with Gasteiger partial charge in [0, 0.05) is 16.2 Å². The van der Waals surface area contributed by atoms with E-state index in [1.54, 1.807) is 0 Å². The van der Waals surface area contributed by atoms with E-state index in [1.165, 1.54) is 12.1 Å². The van der Waals surface area contributed by atoms with Crippen LogP contribution >= 0.6 is 15.9 Å². The summed E-state index contributed by atoms with van der Waals surface area (Å²) >= 11 is 2.84. The number of carbonyl (C=O) groups excluding carboxylic acids is 1. The third-order valence-electron chi connectivity index (χ3n) is 2.97. The Kier molecular flexibility index (Phi) is 4.03. The second-order valence-corrected chi connectivity index (χ2v) is 5.27.